The van der Waals surface area contributed by atoms with Crippen LogP contribution in [0.2, 0.25) is 0 Å². The van der Waals surface area contributed by atoms with E-state index in [-0.39, 0.29) is 30.3 Å². The van der Waals surface area contributed by atoms with Crippen LogP contribution < -0.4 is 4.74 Å². The van der Waals surface area contributed by atoms with Crippen LogP contribution in [0.4, 0.5) is 8.78 Å². The Hall–Kier alpha value is -4.01. The van der Waals surface area contributed by atoms with Gasteiger partial charge in [-0.1, -0.05) is 18.2 Å². The average Bonchev–Trinajstić information content (AvgIpc) is 3.35. The molecule has 1 atom stereocenters. The number of para-hydroxylation sites is 1. The number of likely N-dealkylation sites (tertiary alicyclic amines) is 1. The molecule has 9 heteroatoms. The van der Waals surface area contributed by atoms with Crippen LogP contribution in [0.5, 0.6) is 11.6 Å². The van der Waals surface area contributed by atoms with Crippen molar-refractivity contribution in [3.63, 3.8) is 0 Å². The number of aromatic hydroxyl groups is 1. The number of alkyl halides is 2. The summed E-state index contributed by atoms with van der Waals surface area (Å²) in [5, 5.41) is 15.2. The van der Waals surface area contributed by atoms with Gasteiger partial charge in [-0.3, -0.25) is 4.79 Å². The van der Waals surface area contributed by atoms with Crippen LogP contribution in [0.15, 0.2) is 73.1 Å². The molecule has 0 spiro atoms. The number of amides is 1. The van der Waals surface area contributed by atoms with Gasteiger partial charge < -0.3 is 14.7 Å². The lowest BCUT2D eigenvalue weighted by Gasteiger charge is -2.38. The van der Waals surface area contributed by atoms with E-state index in [9.17, 15) is 18.7 Å². The number of phenols is 1. The number of carbonyl (C=O) groups is 1. The number of halogens is 2. The lowest BCUT2D eigenvalue weighted by atomic mass is 10.0. The molecule has 5 rings (SSSR count). The van der Waals surface area contributed by atoms with E-state index in [1.165, 1.54) is 21.7 Å². The first kappa shape index (κ1) is 20.9. The highest BCUT2D eigenvalue weighted by Crippen LogP contribution is 2.33. The van der Waals surface area contributed by atoms with Gasteiger partial charge in [-0.05, 0) is 36.4 Å². The van der Waals surface area contributed by atoms with E-state index in [1.807, 2.05) is 12.1 Å². The van der Waals surface area contributed by atoms with Gasteiger partial charge in [-0.2, -0.15) is 5.10 Å². The van der Waals surface area contributed by atoms with E-state index in [2.05, 4.69) is 10.1 Å². The largest absolute Gasteiger partial charge is 0.507 e. The average molecular weight is 450 g/mol. The van der Waals surface area contributed by atoms with Crippen LogP contribution in [-0.2, 0) is 0 Å². The third-order valence-corrected chi connectivity index (χ3v) is 5.67. The third kappa shape index (κ3) is 4.09. The summed E-state index contributed by atoms with van der Waals surface area (Å²) in [7, 11) is 0. The van der Waals surface area contributed by atoms with Gasteiger partial charge >= 0.3 is 0 Å². The first-order chi connectivity index (χ1) is 15.9. The zero-order valence-electron chi connectivity index (χ0n) is 17.4. The molecule has 4 aromatic rings. The molecule has 33 heavy (non-hydrogen) atoms. The molecular weight excluding hydrogens is 430 g/mol. The molecule has 3 heterocycles. The maximum atomic E-state index is 14.7. The summed E-state index contributed by atoms with van der Waals surface area (Å²) in [6, 6.07) is 16.8. The van der Waals surface area contributed by atoms with Gasteiger partial charge in [0.1, 0.15) is 5.75 Å². The second kappa shape index (κ2) is 8.16. The van der Waals surface area contributed by atoms with Gasteiger partial charge in [-0.25, -0.2) is 18.4 Å². The molecule has 168 valence electrons. The topological polar surface area (TPSA) is 80.5 Å². The number of nitrogens with zero attached hydrogens (tertiary/aromatic N) is 4. The van der Waals surface area contributed by atoms with Gasteiger partial charge in [0.25, 0.3) is 11.8 Å². The maximum absolute atomic E-state index is 14.7. The lowest BCUT2D eigenvalue weighted by molar-refractivity contribution is -0.131. The smallest absolute Gasteiger partial charge is 0.287 e. The maximum Gasteiger partial charge on any atom is 0.287 e. The Morgan fingerprint density at radius 2 is 1.97 bits per heavy atom. The lowest BCUT2D eigenvalue weighted by Crippen LogP contribution is -2.55. The summed E-state index contributed by atoms with van der Waals surface area (Å²) in [5.41, 5.74) is 1.20. The van der Waals surface area contributed by atoms with E-state index in [0.29, 0.717) is 11.2 Å². The van der Waals surface area contributed by atoms with Crippen molar-refractivity contribution in [1.82, 2.24) is 19.7 Å². The molecule has 1 unspecified atom stereocenters. The molecule has 0 bridgehead atoms. The summed E-state index contributed by atoms with van der Waals surface area (Å²) in [4.78, 5) is 18.7. The normalized spacial score (nSPS) is 17.8. The van der Waals surface area contributed by atoms with E-state index in [1.54, 1.807) is 48.8 Å². The Bertz CT molecular complexity index is 1310. The van der Waals surface area contributed by atoms with Crippen molar-refractivity contribution in [2.75, 3.05) is 13.1 Å². The number of hydrogen-bond donors (Lipinski definition) is 1. The predicted molar refractivity (Wildman–Crippen MR) is 117 cm³/mol. The number of fused-ring (bicyclic) bond motifs is 1. The molecule has 2 aromatic carbocycles. The van der Waals surface area contributed by atoms with Gasteiger partial charge in [0.15, 0.2) is 6.10 Å². The summed E-state index contributed by atoms with van der Waals surface area (Å²) in [6.45, 7) is -0.506. The molecule has 1 fully saturated rings. The summed E-state index contributed by atoms with van der Waals surface area (Å²) in [6.07, 6.45) is 1.16. The highest BCUT2D eigenvalue weighted by Gasteiger charge is 2.47. The molecule has 0 radical (unpaired) electrons. The Labute approximate surface area is 187 Å². The Morgan fingerprint density at radius 1 is 1.12 bits per heavy atom. The van der Waals surface area contributed by atoms with Crippen LogP contribution in [-0.4, -0.2) is 55.8 Å². The Balaban J connectivity index is 1.38. The van der Waals surface area contributed by atoms with Gasteiger partial charge in [0.05, 0.1) is 23.3 Å². The fraction of sp³-hybridized carbons (Fsp3) is 0.208. The number of rotatable bonds is 4. The highest BCUT2D eigenvalue weighted by molar-refractivity contribution is 5.97. The zero-order chi connectivity index (χ0) is 23.0. The standard InChI is InChI=1S/C24H20F2N4O3/c25-24(26)10-13-29(15-21(24)33-22-9-6-16-4-1-2-5-19(16)28-22)23(32)18-14-17(7-8-20(18)31)30-12-3-11-27-30/h1-9,11-12,14,21,31H,10,13,15H2. The molecule has 1 aliphatic rings. The van der Waals surface area contributed by atoms with Crippen LogP contribution in [0.1, 0.15) is 16.8 Å². The van der Waals surface area contributed by atoms with Crippen molar-refractivity contribution in [1.29, 1.82) is 0 Å². The van der Waals surface area contributed by atoms with E-state index in [0.717, 1.165) is 5.39 Å². The molecule has 0 saturated carbocycles. The van der Waals surface area contributed by atoms with Crippen molar-refractivity contribution in [3.8, 4) is 17.3 Å². The summed E-state index contributed by atoms with van der Waals surface area (Å²) in [5.74, 6) is -3.86. The molecule has 1 N–H and O–H groups in total. The first-order valence-electron chi connectivity index (χ1n) is 10.4. The Kier molecular flexibility index (Phi) is 5.16. The first-order valence-corrected chi connectivity index (χ1v) is 10.4. The number of hydrogen-bond acceptors (Lipinski definition) is 5. The molecule has 1 saturated heterocycles. The molecule has 1 amide bonds. The van der Waals surface area contributed by atoms with Crippen molar-refractivity contribution < 1.29 is 23.4 Å². The van der Waals surface area contributed by atoms with Crippen molar-refractivity contribution >= 4 is 16.8 Å². The fourth-order valence-electron chi connectivity index (χ4n) is 3.87. The zero-order valence-corrected chi connectivity index (χ0v) is 17.4. The quantitative estimate of drug-likeness (QED) is 0.507. The fourth-order valence-corrected chi connectivity index (χ4v) is 3.87. The minimum Gasteiger partial charge on any atom is -0.507 e. The van der Waals surface area contributed by atoms with Crippen LogP contribution in [0, 0.1) is 0 Å². The number of aromatic nitrogens is 3. The molecular formula is C24H20F2N4O3. The minimum atomic E-state index is -3.14. The number of carbonyl (C=O) groups excluding carboxylic acids is 1. The van der Waals surface area contributed by atoms with Gasteiger partial charge in [0.2, 0.25) is 5.88 Å². The SMILES string of the molecule is O=C(c1cc(-n2cccn2)ccc1O)N1CCC(F)(F)C(Oc2ccc3ccccc3n2)C1. The summed E-state index contributed by atoms with van der Waals surface area (Å²) < 4.78 is 36.5. The highest BCUT2D eigenvalue weighted by atomic mass is 19.3. The van der Waals surface area contributed by atoms with Crippen LogP contribution >= 0.6 is 0 Å². The number of pyridine rings is 1. The van der Waals surface area contributed by atoms with E-state index < -0.39 is 24.4 Å². The van der Waals surface area contributed by atoms with Crippen LogP contribution in [0.3, 0.4) is 0 Å². The predicted octanol–water partition coefficient (Wildman–Crippen LogP) is 4.05. The second-order valence-corrected chi connectivity index (χ2v) is 7.86. The molecule has 0 aliphatic carbocycles. The van der Waals surface area contributed by atoms with Crippen LogP contribution in [0.25, 0.3) is 16.6 Å². The number of piperidine rings is 1. The van der Waals surface area contributed by atoms with Gasteiger partial charge in [0, 0.05) is 36.8 Å². The third-order valence-electron chi connectivity index (χ3n) is 5.67. The molecule has 7 nitrogen and oxygen atoms in total. The van der Waals surface area contributed by atoms with E-state index in [4.69, 9.17) is 4.74 Å². The monoisotopic (exact) mass is 450 g/mol. The number of phenolic OH excluding ortho intramolecular Hbond substituents is 1. The van der Waals surface area contributed by atoms with Crippen molar-refractivity contribution in [2.45, 2.75) is 18.4 Å². The number of ether oxygens (including phenoxy) is 1. The van der Waals surface area contributed by atoms with E-state index >= 15 is 0 Å². The molecule has 2 aromatic heterocycles. The summed E-state index contributed by atoms with van der Waals surface area (Å²) >= 11 is 0. The minimum absolute atomic E-state index is 0.01000. The Morgan fingerprint density at radius 3 is 2.79 bits per heavy atom. The van der Waals surface area contributed by atoms with Crippen molar-refractivity contribution in [2.24, 2.45) is 0 Å². The number of benzene rings is 2. The second-order valence-electron chi connectivity index (χ2n) is 7.86. The molecule has 1 aliphatic heterocycles. The van der Waals surface area contributed by atoms with Gasteiger partial charge in [-0.15, -0.1) is 0 Å². The van der Waals surface area contributed by atoms with Crippen molar-refractivity contribution in [3.05, 3.63) is 78.6 Å².